The summed E-state index contributed by atoms with van der Waals surface area (Å²) in [6.45, 7) is 0. The van der Waals surface area contributed by atoms with Crippen LogP contribution in [0.4, 0.5) is 0 Å². The third-order valence-electron chi connectivity index (χ3n) is 14.8. The largest absolute Gasteiger partial charge is 0.0616 e. The molecular weight excluding hydrogens is 841 g/mol. The molecule has 0 amide bonds. The minimum Gasteiger partial charge on any atom is -0.0616 e. The van der Waals surface area contributed by atoms with E-state index < -0.39 is 0 Å². The maximum Gasteiger partial charge on any atom is -0.00923 e. The second-order valence-electron chi connectivity index (χ2n) is 18.8. The highest BCUT2D eigenvalue weighted by Gasteiger charge is 2.16. The average Bonchev–Trinajstić information content (AvgIpc) is 3.44. The van der Waals surface area contributed by atoms with Crippen LogP contribution in [0.1, 0.15) is 0 Å². The van der Waals surface area contributed by atoms with Crippen molar-refractivity contribution in [1.29, 1.82) is 0 Å². The van der Waals surface area contributed by atoms with E-state index in [2.05, 4.69) is 267 Å². The topological polar surface area (TPSA) is 0 Å². The van der Waals surface area contributed by atoms with Gasteiger partial charge in [0.15, 0.2) is 0 Å². The molecule has 0 fully saturated rings. The van der Waals surface area contributed by atoms with Crippen molar-refractivity contribution < 1.29 is 0 Å². The molecule has 0 saturated heterocycles. The van der Waals surface area contributed by atoms with Crippen molar-refractivity contribution in [2.75, 3.05) is 0 Å². The van der Waals surface area contributed by atoms with Crippen LogP contribution in [0.15, 0.2) is 267 Å². The highest BCUT2D eigenvalue weighted by Crippen LogP contribution is 2.44. The van der Waals surface area contributed by atoms with Crippen molar-refractivity contribution >= 4 is 75.4 Å². The smallest absolute Gasteiger partial charge is 0.00923 e. The lowest BCUT2D eigenvalue weighted by atomic mass is 9.87. The molecule has 70 heavy (non-hydrogen) atoms. The van der Waals surface area contributed by atoms with Gasteiger partial charge < -0.3 is 0 Å². The lowest BCUT2D eigenvalue weighted by Gasteiger charge is -2.17. The number of fused-ring (bicyclic) bond motifs is 9. The Labute approximate surface area is 407 Å². The second kappa shape index (κ2) is 16.3. The summed E-state index contributed by atoms with van der Waals surface area (Å²) in [4.78, 5) is 0. The third-order valence-corrected chi connectivity index (χ3v) is 14.8. The van der Waals surface area contributed by atoms with Gasteiger partial charge in [-0.3, -0.25) is 0 Å². The van der Waals surface area contributed by atoms with Crippen LogP contribution in [0, 0.1) is 0 Å². The molecule has 0 N–H and O–H groups in total. The maximum atomic E-state index is 2.44. The third kappa shape index (κ3) is 6.76. The van der Waals surface area contributed by atoms with Crippen LogP contribution in [0.3, 0.4) is 0 Å². The number of hydrogen-bond acceptors (Lipinski definition) is 0. The average molecular weight is 885 g/mol. The molecule has 0 aliphatic heterocycles. The standard InChI is InChI=1S/C70H44/c1-3-21-59-45(13-1)15-11-27-61(59)57-35-33-51-37-49(29-31-53(51)41-57)47-17-9-19-55(39-47)67-43-69-66-26-8-6-24-64(66)68(44-70(69)65-25-7-5-23-63(65)67)56-20-10-18-48(40-56)50-30-32-54-42-58(36-34-52(54)38-50)62-28-12-16-46-14-2-4-22-60(46)62/h1-44H. The minimum absolute atomic E-state index is 1.21. The Morgan fingerprint density at radius 2 is 0.429 bits per heavy atom. The van der Waals surface area contributed by atoms with E-state index in [4.69, 9.17) is 0 Å². The first kappa shape index (κ1) is 40.0. The minimum atomic E-state index is 1.21. The Bertz CT molecular complexity index is 4120. The van der Waals surface area contributed by atoms with Crippen molar-refractivity contribution in [3.8, 4) is 66.8 Å². The normalized spacial score (nSPS) is 11.7. The zero-order chi connectivity index (χ0) is 46.1. The monoisotopic (exact) mass is 884 g/mol. The van der Waals surface area contributed by atoms with E-state index in [9.17, 15) is 0 Å². The molecule has 0 aliphatic rings. The number of rotatable bonds is 6. The molecule has 14 aromatic rings. The first-order valence-electron chi connectivity index (χ1n) is 24.3. The Balaban J connectivity index is 0.830. The van der Waals surface area contributed by atoms with Crippen molar-refractivity contribution in [2.24, 2.45) is 0 Å². The van der Waals surface area contributed by atoms with Crippen molar-refractivity contribution in [3.63, 3.8) is 0 Å². The number of benzene rings is 14. The van der Waals surface area contributed by atoms with E-state index in [1.54, 1.807) is 0 Å². The maximum absolute atomic E-state index is 2.44. The van der Waals surface area contributed by atoms with E-state index in [0.717, 1.165) is 0 Å². The van der Waals surface area contributed by atoms with E-state index in [0.29, 0.717) is 0 Å². The molecule has 14 rings (SSSR count). The SMILES string of the molecule is c1cc(-c2ccc3cc(-c4cccc5ccccc45)ccc3c2)cc(-c2cc3c4ccccc4c(-c4cccc(-c5ccc6cc(-c7cccc8ccccc78)ccc6c5)c4)cc3c3ccccc23)c1. The summed E-state index contributed by atoms with van der Waals surface area (Å²) >= 11 is 0. The molecule has 0 atom stereocenters. The molecule has 0 heterocycles. The van der Waals surface area contributed by atoms with E-state index >= 15 is 0 Å². The van der Waals surface area contributed by atoms with Gasteiger partial charge in [0.25, 0.3) is 0 Å². The molecule has 0 aliphatic carbocycles. The molecule has 0 radical (unpaired) electrons. The quantitative estimate of drug-likeness (QED) is 0.146. The molecule has 0 heteroatoms. The van der Waals surface area contributed by atoms with Gasteiger partial charge in [-0.2, -0.15) is 0 Å². The summed E-state index contributed by atoms with van der Waals surface area (Å²) in [5, 5.41) is 17.6. The summed E-state index contributed by atoms with van der Waals surface area (Å²) in [7, 11) is 0. The lowest BCUT2D eigenvalue weighted by Crippen LogP contribution is -1.90. The zero-order valence-corrected chi connectivity index (χ0v) is 38.4. The molecule has 0 bridgehead atoms. The Hall–Kier alpha value is -9.10. The van der Waals surface area contributed by atoms with Crippen molar-refractivity contribution in [3.05, 3.63) is 267 Å². The van der Waals surface area contributed by atoms with Gasteiger partial charge in [0.1, 0.15) is 0 Å². The summed E-state index contributed by atoms with van der Waals surface area (Å²) < 4.78 is 0. The summed E-state index contributed by atoms with van der Waals surface area (Å²) in [5.41, 5.74) is 14.8. The second-order valence-corrected chi connectivity index (χ2v) is 18.8. The molecular formula is C70H44. The first-order chi connectivity index (χ1) is 34.7. The van der Waals surface area contributed by atoms with Crippen LogP contribution in [0.25, 0.3) is 142 Å². The van der Waals surface area contributed by atoms with Crippen LogP contribution < -0.4 is 0 Å². The predicted octanol–water partition coefficient (Wildman–Crippen LogP) is 19.8. The van der Waals surface area contributed by atoms with Gasteiger partial charge in [0, 0.05) is 0 Å². The Morgan fingerprint density at radius 3 is 0.871 bits per heavy atom. The summed E-state index contributed by atoms with van der Waals surface area (Å²) in [6.07, 6.45) is 0. The van der Waals surface area contributed by atoms with Crippen LogP contribution >= 0.6 is 0 Å². The highest BCUT2D eigenvalue weighted by molar-refractivity contribution is 6.24. The first-order valence-corrected chi connectivity index (χ1v) is 24.3. The van der Waals surface area contributed by atoms with E-state index in [-0.39, 0.29) is 0 Å². The van der Waals surface area contributed by atoms with E-state index in [1.165, 1.54) is 142 Å². The van der Waals surface area contributed by atoms with Gasteiger partial charge in [0.2, 0.25) is 0 Å². The van der Waals surface area contributed by atoms with Crippen molar-refractivity contribution in [2.45, 2.75) is 0 Å². The zero-order valence-electron chi connectivity index (χ0n) is 38.4. The molecule has 0 spiro atoms. The molecule has 0 saturated carbocycles. The number of hydrogen-bond donors (Lipinski definition) is 0. The van der Waals surface area contributed by atoms with E-state index in [1.807, 2.05) is 0 Å². The Kier molecular flexibility index (Phi) is 9.32. The van der Waals surface area contributed by atoms with Gasteiger partial charge in [-0.05, 0) is 191 Å². The fraction of sp³-hybridized carbons (Fsp3) is 0. The summed E-state index contributed by atoms with van der Waals surface area (Å²) in [6, 6.07) is 99.0. The predicted molar refractivity (Wildman–Crippen MR) is 302 cm³/mol. The summed E-state index contributed by atoms with van der Waals surface area (Å²) in [5.74, 6) is 0. The van der Waals surface area contributed by atoms with Crippen LogP contribution in [-0.2, 0) is 0 Å². The lowest BCUT2D eigenvalue weighted by molar-refractivity contribution is 1.62. The van der Waals surface area contributed by atoms with Gasteiger partial charge in [-0.1, -0.05) is 218 Å². The molecule has 14 aromatic carbocycles. The molecule has 0 nitrogen and oxygen atoms in total. The van der Waals surface area contributed by atoms with Crippen LogP contribution in [0.2, 0.25) is 0 Å². The van der Waals surface area contributed by atoms with Crippen LogP contribution in [0.5, 0.6) is 0 Å². The van der Waals surface area contributed by atoms with Gasteiger partial charge in [-0.25, -0.2) is 0 Å². The molecule has 0 unspecified atom stereocenters. The highest BCUT2D eigenvalue weighted by atomic mass is 14.2. The van der Waals surface area contributed by atoms with Gasteiger partial charge >= 0.3 is 0 Å². The fourth-order valence-corrected chi connectivity index (χ4v) is 11.3. The molecule has 0 aromatic heterocycles. The van der Waals surface area contributed by atoms with Crippen molar-refractivity contribution in [1.82, 2.24) is 0 Å². The molecule has 324 valence electrons. The van der Waals surface area contributed by atoms with Crippen LogP contribution in [-0.4, -0.2) is 0 Å². The fourth-order valence-electron chi connectivity index (χ4n) is 11.3. The van der Waals surface area contributed by atoms with Gasteiger partial charge in [0.05, 0.1) is 0 Å². The van der Waals surface area contributed by atoms with Gasteiger partial charge in [-0.15, -0.1) is 0 Å². The Morgan fingerprint density at radius 1 is 0.129 bits per heavy atom.